The third kappa shape index (κ3) is 4.44. The highest BCUT2D eigenvalue weighted by Gasteiger charge is 2.06. The minimum absolute atomic E-state index is 0.0838. The number of hydrogen-bond acceptors (Lipinski definition) is 6. The Bertz CT molecular complexity index is 569. The van der Waals surface area contributed by atoms with E-state index in [0.717, 1.165) is 17.3 Å². The van der Waals surface area contributed by atoms with Crippen molar-refractivity contribution in [1.29, 1.82) is 0 Å². The van der Waals surface area contributed by atoms with Crippen molar-refractivity contribution in [3.63, 3.8) is 0 Å². The Hall–Kier alpha value is -2.12. The molecular formula is C14H18N4O2S. The Balaban J connectivity index is 1.74. The van der Waals surface area contributed by atoms with E-state index in [1.807, 2.05) is 5.38 Å². The Morgan fingerprint density at radius 3 is 2.86 bits per heavy atom. The van der Waals surface area contributed by atoms with Crippen LogP contribution >= 0.6 is 11.3 Å². The Morgan fingerprint density at radius 2 is 2.24 bits per heavy atom. The van der Waals surface area contributed by atoms with Crippen LogP contribution in [0, 0.1) is 0 Å². The number of thiazole rings is 1. The Morgan fingerprint density at radius 1 is 1.48 bits per heavy atom. The average Bonchev–Trinajstić information content (AvgIpc) is 3.05. The van der Waals surface area contributed by atoms with E-state index in [2.05, 4.69) is 22.4 Å². The number of oxime groups is 1. The summed E-state index contributed by atoms with van der Waals surface area (Å²) < 4.78 is 5.62. The molecule has 112 valence electrons. The van der Waals surface area contributed by atoms with E-state index in [9.17, 15) is 0 Å². The highest BCUT2D eigenvalue weighted by molar-refractivity contribution is 7.09. The molecule has 0 spiro atoms. The van der Waals surface area contributed by atoms with E-state index in [1.165, 1.54) is 0 Å². The first-order valence-corrected chi connectivity index (χ1v) is 7.42. The van der Waals surface area contributed by atoms with Crippen molar-refractivity contribution in [2.75, 3.05) is 13.2 Å². The maximum atomic E-state index is 8.58. The second-order valence-electron chi connectivity index (χ2n) is 4.40. The second-order valence-corrected chi connectivity index (χ2v) is 5.33. The predicted octanol–water partition coefficient (Wildman–Crippen LogP) is 1.97. The molecule has 0 aliphatic rings. The van der Waals surface area contributed by atoms with Gasteiger partial charge in [-0.2, -0.15) is 0 Å². The van der Waals surface area contributed by atoms with Crippen LogP contribution < -0.4 is 15.8 Å². The zero-order valence-corrected chi connectivity index (χ0v) is 12.5. The molecule has 1 aromatic carbocycles. The van der Waals surface area contributed by atoms with Crippen LogP contribution in [-0.4, -0.2) is 29.2 Å². The lowest BCUT2D eigenvalue weighted by Crippen LogP contribution is -2.24. The monoisotopic (exact) mass is 306 g/mol. The van der Waals surface area contributed by atoms with Gasteiger partial charge in [-0.3, -0.25) is 0 Å². The van der Waals surface area contributed by atoms with Gasteiger partial charge in [0.2, 0.25) is 0 Å². The first kappa shape index (κ1) is 15.3. The van der Waals surface area contributed by atoms with E-state index < -0.39 is 0 Å². The molecule has 1 heterocycles. The van der Waals surface area contributed by atoms with E-state index in [-0.39, 0.29) is 11.9 Å². The molecule has 21 heavy (non-hydrogen) atoms. The quantitative estimate of drug-likeness (QED) is 0.239. The minimum atomic E-state index is 0.0838. The molecule has 0 amide bonds. The van der Waals surface area contributed by atoms with Crippen molar-refractivity contribution in [2.45, 2.75) is 13.0 Å². The first-order valence-electron chi connectivity index (χ1n) is 6.54. The molecule has 1 unspecified atom stereocenters. The molecule has 2 aromatic rings. The number of rotatable bonds is 7. The van der Waals surface area contributed by atoms with E-state index in [1.54, 1.807) is 41.8 Å². The molecule has 1 aromatic heterocycles. The zero-order chi connectivity index (χ0) is 15.1. The molecule has 1 atom stereocenters. The van der Waals surface area contributed by atoms with Gasteiger partial charge < -0.3 is 21.0 Å². The number of nitrogens with two attached hydrogens (primary N) is 1. The number of hydrogen-bond donors (Lipinski definition) is 3. The molecule has 0 saturated heterocycles. The Kier molecular flexibility index (Phi) is 5.53. The van der Waals surface area contributed by atoms with Gasteiger partial charge in [-0.1, -0.05) is 5.16 Å². The maximum absolute atomic E-state index is 8.58. The van der Waals surface area contributed by atoms with Gasteiger partial charge in [-0.25, -0.2) is 4.98 Å². The largest absolute Gasteiger partial charge is 0.492 e. The van der Waals surface area contributed by atoms with Gasteiger partial charge in [-0.15, -0.1) is 11.3 Å². The highest BCUT2D eigenvalue weighted by atomic mass is 32.1. The summed E-state index contributed by atoms with van der Waals surface area (Å²) in [4.78, 5) is 4.26. The van der Waals surface area contributed by atoms with Gasteiger partial charge in [0, 0.05) is 23.7 Å². The SMILES string of the molecule is CC(NCCOc1ccc(C(N)=NO)cc1)c1nccs1. The summed E-state index contributed by atoms with van der Waals surface area (Å²) >= 11 is 1.63. The van der Waals surface area contributed by atoms with Crippen molar-refractivity contribution in [3.05, 3.63) is 46.4 Å². The zero-order valence-electron chi connectivity index (χ0n) is 11.7. The van der Waals surface area contributed by atoms with Gasteiger partial charge in [0.15, 0.2) is 5.84 Å². The molecule has 4 N–H and O–H groups in total. The molecule has 6 nitrogen and oxygen atoms in total. The van der Waals surface area contributed by atoms with Gasteiger partial charge in [-0.05, 0) is 31.2 Å². The van der Waals surface area contributed by atoms with Crippen LogP contribution in [0.5, 0.6) is 5.75 Å². The summed E-state index contributed by atoms with van der Waals surface area (Å²) in [5.41, 5.74) is 6.14. The summed E-state index contributed by atoms with van der Waals surface area (Å²) in [6, 6.07) is 7.29. The topological polar surface area (TPSA) is 92.8 Å². The van der Waals surface area contributed by atoms with Crippen LogP contribution in [-0.2, 0) is 0 Å². The molecule has 0 aliphatic carbocycles. The summed E-state index contributed by atoms with van der Waals surface area (Å²) in [5, 5.41) is 17.9. The fourth-order valence-corrected chi connectivity index (χ4v) is 2.43. The number of aromatic nitrogens is 1. The molecule has 0 radical (unpaired) electrons. The van der Waals surface area contributed by atoms with Crippen molar-refractivity contribution in [1.82, 2.24) is 10.3 Å². The van der Waals surface area contributed by atoms with E-state index in [4.69, 9.17) is 15.7 Å². The van der Waals surface area contributed by atoms with Gasteiger partial charge in [0.25, 0.3) is 0 Å². The third-order valence-corrected chi connectivity index (χ3v) is 3.86. The summed E-state index contributed by atoms with van der Waals surface area (Å²) in [6.45, 7) is 3.35. The van der Waals surface area contributed by atoms with Crippen LogP contribution in [0.15, 0.2) is 41.0 Å². The summed E-state index contributed by atoms with van der Waals surface area (Å²) in [5.74, 6) is 0.827. The third-order valence-electron chi connectivity index (χ3n) is 2.90. The molecule has 0 bridgehead atoms. The second kappa shape index (κ2) is 7.61. The van der Waals surface area contributed by atoms with Crippen molar-refractivity contribution in [3.8, 4) is 5.75 Å². The minimum Gasteiger partial charge on any atom is -0.492 e. The predicted molar refractivity (Wildman–Crippen MR) is 83.0 cm³/mol. The molecule has 0 saturated carbocycles. The fourth-order valence-electron chi connectivity index (χ4n) is 1.76. The molecule has 2 rings (SSSR count). The van der Waals surface area contributed by atoms with Crippen LogP contribution in [0.25, 0.3) is 0 Å². The van der Waals surface area contributed by atoms with Crippen molar-refractivity contribution in [2.24, 2.45) is 10.9 Å². The van der Waals surface area contributed by atoms with Gasteiger partial charge >= 0.3 is 0 Å². The molecule has 0 fully saturated rings. The Labute approximate surface area is 127 Å². The van der Waals surface area contributed by atoms with Crippen LogP contribution in [0.3, 0.4) is 0 Å². The van der Waals surface area contributed by atoms with Crippen LogP contribution in [0.1, 0.15) is 23.5 Å². The first-order chi connectivity index (χ1) is 10.2. The lowest BCUT2D eigenvalue weighted by atomic mass is 10.2. The highest BCUT2D eigenvalue weighted by Crippen LogP contribution is 2.14. The summed E-state index contributed by atoms with van der Waals surface area (Å²) in [7, 11) is 0. The standard InChI is InChI=1S/C14H18N4O2S/c1-10(14-17-7-9-21-14)16-6-8-20-12-4-2-11(3-5-12)13(15)18-19/h2-5,7,9-10,16,19H,6,8H2,1H3,(H2,15,18). The van der Waals surface area contributed by atoms with Crippen molar-refractivity contribution < 1.29 is 9.94 Å². The van der Waals surface area contributed by atoms with Gasteiger partial charge in [0.1, 0.15) is 17.4 Å². The number of amidine groups is 1. The molecular weight excluding hydrogens is 288 g/mol. The van der Waals surface area contributed by atoms with E-state index >= 15 is 0 Å². The van der Waals surface area contributed by atoms with Crippen LogP contribution in [0.2, 0.25) is 0 Å². The van der Waals surface area contributed by atoms with E-state index in [0.29, 0.717) is 12.2 Å². The number of benzene rings is 1. The maximum Gasteiger partial charge on any atom is 0.170 e. The molecule has 0 aliphatic heterocycles. The molecule has 7 heteroatoms. The lowest BCUT2D eigenvalue weighted by molar-refractivity contribution is 0.307. The number of nitrogens with one attached hydrogen (secondary N) is 1. The smallest absolute Gasteiger partial charge is 0.170 e. The van der Waals surface area contributed by atoms with Gasteiger partial charge in [0.05, 0.1) is 6.04 Å². The van der Waals surface area contributed by atoms with Crippen molar-refractivity contribution >= 4 is 17.2 Å². The lowest BCUT2D eigenvalue weighted by Gasteiger charge is -2.12. The average molecular weight is 306 g/mol. The van der Waals surface area contributed by atoms with Crippen LogP contribution in [0.4, 0.5) is 0 Å². The summed E-state index contributed by atoms with van der Waals surface area (Å²) in [6.07, 6.45) is 1.80. The number of nitrogens with zero attached hydrogens (tertiary/aromatic N) is 2. The normalized spacial score (nSPS) is 13.1. The number of ether oxygens (including phenoxy) is 1. The fraction of sp³-hybridized carbons (Fsp3) is 0.286.